The topological polar surface area (TPSA) is 18.5 Å². The first-order valence-electron chi connectivity index (χ1n) is 5.00. The van der Waals surface area contributed by atoms with E-state index in [0.717, 1.165) is 11.3 Å². The molecule has 0 fully saturated rings. The van der Waals surface area contributed by atoms with E-state index < -0.39 is 8.32 Å². The van der Waals surface area contributed by atoms with Crippen molar-refractivity contribution >= 4 is 14.4 Å². The van der Waals surface area contributed by atoms with Gasteiger partial charge in [0.25, 0.3) is 0 Å². The monoisotopic (exact) mass is 222 g/mol. The quantitative estimate of drug-likeness (QED) is 0.573. The molecule has 1 aromatic carbocycles. The SMILES string of the molecule is COc1ccc(C=CO[Si](C)(C)C)cc1. The highest BCUT2D eigenvalue weighted by molar-refractivity contribution is 6.69. The van der Waals surface area contributed by atoms with Crippen molar-refractivity contribution in [3.63, 3.8) is 0 Å². The fourth-order valence-electron chi connectivity index (χ4n) is 1.03. The van der Waals surface area contributed by atoms with E-state index >= 15 is 0 Å². The van der Waals surface area contributed by atoms with Crippen LogP contribution in [0.25, 0.3) is 6.08 Å². The number of methoxy groups -OCH3 is 1. The highest BCUT2D eigenvalue weighted by atomic mass is 28.4. The van der Waals surface area contributed by atoms with E-state index in [1.807, 2.05) is 30.3 Å². The largest absolute Gasteiger partial charge is 0.550 e. The van der Waals surface area contributed by atoms with Crippen LogP contribution < -0.4 is 4.74 Å². The van der Waals surface area contributed by atoms with Gasteiger partial charge in [-0.3, -0.25) is 0 Å². The standard InChI is InChI=1S/C12H18O2Si/c1-13-12-7-5-11(6-8-12)9-10-14-15(2,3)4/h5-10H,1-4H3. The Balaban J connectivity index is 2.57. The van der Waals surface area contributed by atoms with Crippen LogP contribution in [0.5, 0.6) is 5.75 Å². The molecule has 0 N–H and O–H groups in total. The molecule has 0 aliphatic heterocycles. The van der Waals surface area contributed by atoms with Gasteiger partial charge in [0.1, 0.15) is 5.75 Å². The van der Waals surface area contributed by atoms with Crippen LogP contribution in [-0.2, 0) is 4.43 Å². The average Bonchev–Trinajstić information content (AvgIpc) is 2.17. The Morgan fingerprint density at radius 1 is 1.07 bits per heavy atom. The molecule has 0 amide bonds. The van der Waals surface area contributed by atoms with Gasteiger partial charge in [-0.05, 0) is 43.4 Å². The maximum Gasteiger partial charge on any atom is 0.241 e. The molecule has 0 saturated carbocycles. The smallest absolute Gasteiger partial charge is 0.241 e. The van der Waals surface area contributed by atoms with E-state index in [2.05, 4.69) is 19.6 Å². The third-order valence-electron chi connectivity index (χ3n) is 1.80. The highest BCUT2D eigenvalue weighted by Crippen LogP contribution is 2.13. The Labute approximate surface area is 92.7 Å². The summed E-state index contributed by atoms with van der Waals surface area (Å²) in [5.41, 5.74) is 1.12. The van der Waals surface area contributed by atoms with Crippen molar-refractivity contribution < 1.29 is 9.16 Å². The molecule has 0 atom stereocenters. The second-order valence-electron chi connectivity index (χ2n) is 4.31. The zero-order valence-corrected chi connectivity index (χ0v) is 10.8. The fourth-order valence-corrected chi connectivity index (χ4v) is 1.51. The number of rotatable bonds is 4. The summed E-state index contributed by atoms with van der Waals surface area (Å²) in [5.74, 6) is 0.873. The van der Waals surface area contributed by atoms with Crippen molar-refractivity contribution in [3.05, 3.63) is 36.1 Å². The van der Waals surface area contributed by atoms with E-state index in [-0.39, 0.29) is 0 Å². The van der Waals surface area contributed by atoms with Gasteiger partial charge in [-0.25, -0.2) is 0 Å². The summed E-state index contributed by atoms with van der Waals surface area (Å²) in [5, 5.41) is 0. The normalized spacial score (nSPS) is 11.7. The molecule has 0 aliphatic carbocycles. The molecule has 2 nitrogen and oxygen atoms in total. The van der Waals surface area contributed by atoms with E-state index in [1.165, 1.54) is 0 Å². The number of hydrogen-bond acceptors (Lipinski definition) is 2. The summed E-state index contributed by atoms with van der Waals surface area (Å²) in [7, 11) is 0.225. The maximum absolute atomic E-state index is 5.62. The summed E-state index contributed by atoms with van der Waals surface area (Å²) in [6, 6.07) is 7.88. The van der Waals surface area contributed by atoms with Crippen molar-refractivity contribution in [1.82, 2.24) is 0 Å². The first-order valence-corrected chi connectivity index (χ1v) is 8.40. The van der Waals surface area contributed by atoms with Gasteiger partial charge in [0.05, 0.1) is 13.4 Å². The summed E-state index contributed by atoms with van der Waals surface area (Å²) in [6.07, 6.45) is 3.76. The maximum atomic E-state index is 5.62. The van der Waals surface area contributed by atoms with Crippen LogP contribution in [0.4, 0.5) is 0 Å². The molecule has 82 valence electrons. The minimum Gasteiger partial charge on any atom is -0.550 e. The van der Waals surface area contributed by atoms with Crippen molar-refractivity contribution in [3.8, 4) is 5.75 Å². The van der Waals surface area contributed by atoms with E-state index in [1.54, 1.807) is 13.4 Å². The van der Waals surface area contributed by atoms with Crippen molar-refractivity contribution in [2.24, 2.45) is 0 Å². The molecule has 0 saturated heterocycles. The predicted molar refractivity (Wildman–Crippen MR) is 66.5 cm³/mol. The van der Waals surface area contributed by atoms with Gasteiger partial charge in [-0.15, -0.1) is 0 Å². The Morgan fingerprint density at radius 3 is 2.13 bits per heavy atom. The minimum absolute atomic E-state index is 0.873. The van der Waals surface area contributed by atoms with Gasteiger partial charge in [0.15, 0.2) is 0 Å². The molecule has 0 aromatic heterocycles. The average molecular weight is 222 g/mol. The first-order chi connectivity index (χ1) is 7.01. The zero-order valence-electron chi connectivity index (χ0n) is 9.78. The molecule has 0 unspecified atom stereocenters. The van der Waals surface area contributed by atoms with E-state index in [0.29, 0.717) is 0 Å². The zero-order chi connectivity index (χ0) is 11.3. The molecule has 0 spiro atoms. The Bertz CT molecular complexity index is 322. The lowest BCUT2D eigenvalue weighted by Crippen LogP contribution is -2.21. The van der Waals surface area contributed by atoms with Crippen LogP contribution in [0.3, 0.4) is 0 Å². The third kappa shape index (κ3) is 4.70. The van der Waals surface area contributed by atoms with Crippen molar-refractivity contribution in [2.75, 3.05) is 7.11 Å². The molecular formula is C12H18O2Si. The third-order valence-corrected chi connectivity index (χ3v) is 2.64. The lowest BCUT2D eigenvalue weighted by atomic mass is 10.2. The molecule has 3 heteroatoms. The summed E-state index contributed by atoms with van der Waals surface area (Å²) in [6.45, 7) is 6.47. The van der Waals surface area contributed by atoms with Crippen molar-refractivity contribution in [2.45, 2.75) is 19.6 Å². The predicted octanol–water partition coefficient (Wildman–Crippen LogP) is 3.52. The minimum atomic E-state index is -1.44. The highest BCUT2D eigenvalue weighted by Gasteiger charge is 2.12. The van der Waals surface area contributed by atoms with Crippen LogP contribution in [0.1, 0.15) is 5.56 Å². The van der Waals surface area contributed by atoms with Crippen LogP contribution in [0.15, 0.2) is 30.5 Å². The van der Waals surface area contributed by atoms with Gasteiger partial charge < -0.3 is 9.16 Å². The number of hydrogen-bond donors (Lipinski definition) is 0. The summed E-state index contributed by atoms with van der Waals surface area (Å²) < 4.78 is 10.7. The molecule has 1 rings (SSSR count). The van der Waals surface area contributed by atoms with E-state index in [9.17, 15) is 0 Å². The fraction of sp³-hybridized carbons (Fsp3) is 0.333. The van der Waals surface area contributed by atoms with Crippen LogP contribution in [-0.4, -0.2) is 15.4 Å². The second-order valence-corrected chi connectivity index (χ2v) is 8.77. The first kappa shape index (κ1) is 11.8. The molecule has 15 heavy (non-hydrogen) atoms. The van der Waals surface area contributed by atoms with Crippen LogP contribution in [0.2, 0.25) is 19.6 Å². The molecule has 0 bridgehead atoms. The molecule has 1 aromatic rings. The molecular weight excluding hydrogens is 204 g/mol. The van der Waals surface area contributed by atoms with Gasteiger partial charge in [0, 0.05) is 0 Å². The number of ether oxygens (including phenoxy) is 1. The van der Waals surface area contributed by atoms with E-state index in [4.69, 9.17) is 9.16 Å². The Morgan fingerprint density at radius 2 is 1.67 bits per heavy atom. The van der Waals surface area contributed by atoms with Crippen LogP contribution >= 0.6 is 0 Å². The van der Waals surface area contributed by atoms with Gasteiger partial charge >= 0.3 is 0 Å². The summed E-state index contributed by atoms with van der Waals surface area (Å²) >= 11 is 0. The van der Waals surface area contributed by atoms with Gasteiger partial charge in [-0.2, -0.15) is 0 Å². The molecule has 0 radical (unpaired) electrons. The van der Waals surface area contributed by atoms with Gasteiger partial charge in [0.2, 0.25) is 8.32 Å². The lowest BCUT2D eigenvalue weighted by Gasteiger charge is -2.14. The lowest BCUT2D eigenvalue weighted by molar-refractivity contribution is 0.415. The van der Waals surface area contributed by atoms with Crippen LogP contribution in [0, 0.1) is 0 Å². The Hall–Kier alpha value is -1.22. The van der Waals surface area contributed by atoms with Crippen molar-refractivity contribution in [1.29, 1.82) is 0 Å². The second kappa shape index (κ2) is 5.03. The Kier molecular flexibility index (Phi) is 3.97. The molecule has 0 heterocycles. The van der Waals surface area contributed by atoms with Gasteiger partial charge in [-0.1, -0.05) is 12.1 Å². The molecule has 0 aliphatic rings. The summed E-state index contributed by atoms with van der Waals surface area (Å²) in [4.78, 5) is 0. The number of benzene rings is 1.